The molecule has 0 bridgehead atoms. The Bertz CT molecular complexity index is 698. The highest BCUT2D eigenvalue weighted by Crippen LogP contribution is 2.39. The van der Waals surface area contributed by atoms with Crippen LogP contribution in [0.4, 0.5) is 4.39 Å². The number of aliphatic hydroxyl groups excluding tert-OH is 1. The van der Waals surface area contributed by atoms with E-state index in [-0.39, 0.29) is 29.7 Å². The predicted octanol–water partition coefficient (Wildman–Crippen LogP) is 3.07. The normalized spacial score (nSPS) is 21.0. The first-order valence-electron chi connectivity index (χ1n) is 7.88. The maximum absolute atomic E-state index is 14.0. The Morgan fingerprint density at radius 3 is 2.83 bits per heavy atom. The molecule has 4 nitrogen and oxygen atoms in total. The van der Waals surface area contributed by atoms with Crippen molar-refractivity contribution in [2.45, 2.75) is 31.4 Å². The number of rotatable bonds is 6. The Kier molecular flexibility index (Phi) is 5.16. The van der Waals surface area contributed by atoms with E-state index < -0.39 is 5.82 Å². The van der Waals surface area contributed by atoms with Gasteiger partial charge in [-0.25, -0.2) is 4.39 Å². The van der Waals surface area contributed by atoms with Gasteiger partial charge in [-0.2, -0.15) is 11.3 Å². The smallest absolute Gasteiger partial charge is 0.224 e. The first kappa shape index (κ1) is 16.9. The van der Waals surface area contributed by atoms with E-state index >= 15 is 0 Å². The van der Waals surface area contributed by atoms with Crippen LogP contribution in [-0.2, 0) is 11.2 Å². The number of nitrogens with one attached hydrogen (secondary N) is 1. The molecule has 1 unspecified atom stereocenters. The molecule has 6 heteroatoms. The average Bonchev–Trinajstić information content (AvgIpc) is 3.02. The summed E-state index contributed by atoms with van der Waals surface area (Å²) in [4.78, 5) is 12.3. The molecule has 1 aromatic heterocycles. The van der Waals surface area contributed by atoms with Gasteiger partial charge in [0.05, 0.1) is 25.7 Å². The van der Waals surface area contributed by atoms with Gasteiger partial charge in [0, 0.05) is 0 Å². The fourth-order valence-corrected chi connectivity index (χ4v) is 3.72. The number of ether oxygens (including phenoxy) is 1. The molecule has 2 aromatic rings. The Morgan fingerprint density at radius 2 is 2.25 bits per heavy atom. The van der Waals surface area contributed by atoms with Gasteiger partial charge >= 0.3 is 0 Å². The lowest BCUT2D eigenvalue weighted by molar-refractivity contribution is -0.122. The first-order valence-corrected chi connectivity index (χ1v) is 8.83. The van der Waals surface area contributed by atoms with Gasteiger partial charge in [0.2, 0.25) is 5.91 Å². The summed E-state index contributed by atoms with van der Waals surface area (Å²) in [5.41, 5.74) is 1.66. The van der Waals surface area contributed by atoms with Crippen molar-refractivity contribution in [3.05, 3.63) is 52.0 Å². The van der Waals surface area contributed by atoms with Gasteiger partial charge in [0.25, 0.3) is 0 Å². The van der Waals surface area contributed by atoms with Crippen LogP contribution in [0.2, 0.25) is 0 Å². The van der Waals surface area contributed by atoms with Gasteiger partial charge in [-0.3, -0.25) is 4.79 Å². The summed E-state index contributed by atoms with van der Waals surface area (Å²) in [7, 11) is 1.42. The SMILES string of the molecule is COc1ccc(C(NC(=O)Cc2ccsc2)C2CC(O)C2)cc1F. The molecule has 0 saturated heterocycles. The Hall–Kier alpha value is -1.92. The van der Waals surface area contributed by atoms with Crippen LogP contribution in [0, 0.1) is 11.7 Å². The minimum absolute atomic E-state index is 0.101. The maximum Gasteiger partial charge on any atom is 0.224 e. The van der Waals surface area contributed by atoms with Gasteiger partial charge in [-0.1, -0.05) is 6.07 Å². The summed E-state index contributed by atoms with van der Waals surface area (Å²) < 4.78 is 19.0. The number of amides is 1. The fourth-order valence-electron chi connectivity index (χ4n) is 3.05. The van der Waals surface area contributed by atoms with E-state index in [9.17, 15) is 14.3 Å². The molecule has 1 fully saturated rings. The van der Waals surface area contributed by atoms with Crippen LogP contribution in [0.5, 0.6) is 5.75 Å². The third kappa shape index (κ3) is 3.76. The van der Waals surface area contributed by atoms with E-state index in [0.717, 1.165) is 5.56 Å². The Labute approximate surface area is 144 Å². The molecule has 0 spiro atoms. The lowest BCUT2D eigenvalue weighted by Gasteiger charge is -2.38. The summed E-state index contributed by atoms with van der Waals surface area (Å²) in [6.45, 7) is 0. The number of methoxy groups -OCH3 is 1. The number of carbonyl (C=O) groups excluding carboxylic acids is 1. The van der Waals surface area contributed by atoms with Crippen molar-refractivity contribution in [3.63, 3.8) is 0 Å². The molecule has 1 aromatic carbocycles. The lowest BCUT2D eigenvalue weighted by Crippen LogP contribution is -2.41. The molecular weight excluding hydrogens is 329 g/mol. The highest BCUT2D eigenvalue weighted by Gasteiger charge is 2.36. The van der Waals surface area contributed by atoms with Crippen LogP contribution in [-0.4, -0.2) is 24.2 Å². The molecular formula is C18H20FNO3S. The van der Waals surface area contributed by atoms with Crippen molar-refractivity contribution in [3.8, 4) is 5.75 Å². The minimum Gasteiger partial charge on any atom is -0.494 e. The molecule has 0 aliphatic heterocycles. The standard InChI is InChI=1S/C18H20FNO3S/c1-23-16-3-2-12(9-15(16)19)18(13-7-14(21)8-13)20-17(22)6-11-4-5-24-10-11/h2-5,9-10,13-14,18,21H,6-8H2,1H3,(H,20,22). The second kappa shape index (κ2) is 7.32. The van der Waals surface area contributed by atoms with Gasteiger partial charge < -0.3 is 15.2 Å². The molecule has 1 aliphatic rings. The zero-order valence-corrected chi connectivity index (χ0v) is 14.2. The quantitative estimate of drug-likeness (QED) is 0.843. The number of carbonyl (C=O) groups is 1. The molecule has 1 amide bonds. The molecule has 0 radical (unpaired) electrons. The fraction of sp³-hybridized carbons (Fsp3) is 0.389. The van der Waals surface area contributed by atoms with E-state index in [1.165, 1.54) is 13.2 Å². The maximum atomic E-state index is 14.0. The summed E-state index contributed by atoms with van der Waals surface area (Å²) in [6.07, 6.45) is 1.18. The number of aliphatic hydroxyl groups is 1. The largest absolute Gasteiger partial charge is 0.494 e. The van der Waals surface area contributed by atoms with E-state index in [2.05, 4.69) is 5.32 Å². The van der Waals surface area contributed by atoms with Crippen molar-refractivity contribution in [2.24, 2.45) is 5.92 Å². The number of hydrogen-bond donors (Lipinski definition) is 2. The summed E-state index contributed by atoms with van der Waals surface area (Å²) in [5.74, 6) is -0.266. The number of thiophene rings is 1. The summed E-state index contributed by atoms with van der Waals surface area (Å²) >= 11 is 1.55. The molecule has 2 N–H and O–H groups in total. The van der Waals surface area contributed by atoms with Crippen LogP contribution in [0.1, 0.15) is 30.0 Å². The third-order valence-corrected chi connectivity index (χ3v) is 5.15. The second-order valence-corrected chi connectivity index (χ2v) is 6.91. The summed E-state index contributed by atoms with van der Waals surface area (Å²) in [6, 6.07) is 6.35. The highest BCUT2D eigenvalue weighted by molar-refractivity contribution is 7.07. The second-order valence-electron chi connectivity index (χ2n) is 6.13. The molecule has 1 saturated carbocycles. The average molecular weight is 349 g/mol. The van der Waals surface area contributed by atoms with Crippen molar-refractivity contribution >= 4 is 17.2 Å². The number of benzene rings is 1. The van der Waals surface area contributed by atoms with E-state index in [1.807, 2.05) is 16.8 Å². The molecule has 24 heavy (non-hydrogen) atoms. The zero-order valence-electron chi connectivity index (χ0n) is 13.4. The first-order chi connectivity index (χ1) is 11.6. The van der Waals surface area contributed by atoms with Crippen LogP contribution in [0.25, 0.3) is 0 Å². The van der Waals surface area contributed by atoms with E-state index in [0.29, 0.717) is 24.8 Å². The monoisotopic (exact) mass is 349 g/mol. The van der Waals surface area contributed by atoms with Crippen LogP contribution >= 0.6 is 11.3 Å². The lowest BCUT2D eigenvalue weighted by atomic mass is 9.75. The minimum atomic E-state index is -0.452. The van der Waals surface area contributed by atoms with Crippen molar-refractivity contribution < 1.29 is 19.0 Å². The van der Waals surface area contributed by atoms with Crippen molar-refractivity contribution in [1.29, 1.82) is 0 Å². The van der Waals surface area contributed by atoms with E-state index in [1.54, 1.807) is 23.5 Å². The molecule has 128 valence electrons. The molecule has 1 atom stereocenters. The van der Waals surface area contributed by atoms with Crippen LogP contribution < -0.4 is 10.1 Å². The van der Waals surface area contributed by atoms with Crippen LogP contribution in [0.15, 0.2) is 35.0 Å². The topological polar surface area (TPSA) is 58.6 Å². The van der Waals surface area contributed by atoms with Crippen LogP contribution in [0.3, 0.4) is 0 Å². The zero-order chi connectivity index (χ0) is 17.1. The Balaban J connectivity index is 1.76. The predicted molar refractivity (Wildman–Crippen MR) is 90.6 cm³/mol. The van der Waals surface area contributed by atoms with Gasteiger partial charge in [0.15, 0.2) is 11.6 Å². The molecule has 3 rings (SSSR count). The van der Waals surface area contributed by atoms with E-state index in [4.69, 9.17) is 4.74 Å². The number of halogens is 1. The number of hydrogen-bond acceptors (Lipinski definition) is 4. The summed E-state index contributed by atoms with van der Waals surface area (Å²) in [5, 5.41) is 16.5. The van der Waals surface area contributed by atoms with Gasteiger partial charge in [-0.05, 0) is 58.8 Å². The van der Waals surface area contributed by atoms with Gasteiger partial charge in [0.1, 0.15) is 0 Å². The molecule has 1 heterocycles. The molecule has 1 aliphatic carbocycles. The third-order valence-electron chi connectivity index (χ3n) is 4.42. The van der Waals surface area contributed by atoms with Gasteiger partial charge in [-0.15, -0.1) is 0 Å². The van der Waals surface area contributed by atoms with Crippen molar-refractivity contribution in [1.82, 2.24) is 5.32 Å². The highest BCUT2D eigenvalue weighted by atomic mass is 32.1. The Morgan fingerprint density at radius 1 is 1.46 bits per heavy atom. The van der Waals surface area contributed by atoms with Crippen molar-refractivity contribution in [2.75, 3.05) is 7.11 Å².